The van der Waals surface area contributed by atoms with Crippen LogP contribution in [0.1, 0.15) is 27.2 Å². The van der Waals surface area contributed by atoms with Crippen LogP contribution < -0.4 is 15.4 Å². The summed E-state index contributed by atoms with van der Waals surface area (Å²) in [6.07, 6.45) is -3.64. The number of hydrogen-bond acceptors (Lipinski definition) is 5. The smallest absolute Gasteiger partial charge is 0.341 e. The van der Waals surface area contributed by atoms with E-state index in [9.17, 15) is 31.2 Å². The van der Waals surface area contributed by atoms with E-state index in [4.69, 9.17) is 11.6 Å². The lowest BCUT2D eigenvalue weighted by Crippen LogP contribution is -2.24. The number of aryl methyl sites for hydroxylation is 1. The molecule has 184 valence electrons. The molecule has 35 heavy (non-hydrogen) atoms. The molecule has 0 bridgehead atoms. The number of aromatic nitrogens is 1. The zero-order valence-electron chi connectivity index (χ0n) is 18.2. The van der Waals surface area contributed by atoms with E-state index in [0.717, 1.165) is 24.4 Å². The van der Waals surface area contributed by atoms with E-state index in [1.807, 2.05) is 0 Å². The first-order chi connectivity index (χ1) is 16.3. The van der Waals surface area contributed by atoms with Gasteiger partial charge in [-0.05, 0) is 42.8 Å². The number of nitrogens with one attached hydrogen (secondary N) is 3. The third-order valence-corrected chi connectivity index (χ3v) is 6.32. The van der Waals surface area contributed by atoms with Crippen LogP contribution in [0, 0.1) is 6.92 Å². The molecule has 0 spiro atoms. The SMILES string of the molecule is CNC(=O)Nc1cccc(C(=O)c2ncc(Cl)cc2NS(=O)(=O)c2ccc(C)c(C(F)(F)F)c2)c1. The lowest BCUT2D eigenvalue weighted by molar-refractivity contribution is -0.138. The third kappa shape index (κ3) is 6.08. The molecule has 0 unspecified atom stereocenters. The number of amides is 2. The number of hydrogen-bond donors (Lipinski definition) is 3. The summed E-state index contributed by atoms with van der Waals surface area (Å²) < 4.78 is 67.7. The maximum Gasteiger partial charge on any atom is 0.416 e. The predicted octanol–water partition coefficient (Wildman–Crippen LogP) is 4.85. The van der Waals surface area contributed by atoms with Gasteiger partial charge in [-0.1, -0.05) is 29.8 Å². The quantitative estimate of drug-likeness (QED) is 0.397. The molecule has 0 radical (unpaired) electrons. The number of carbonyl (C=O) groups is 2. The second kappa shape index (κ2) is 9.92. The summed E-state index contributed by atoms with van der Waals surface area (Å²) in [7, 11) is -3.15. The molecule has 0 aliphatic heterocycles. The van der Waals surface area contributed by atoms with Crippen LogP contribution in [0.15, 0.2) is 59.6 Å². The van der Waals surface area contributed by atoms with Gasteiger partial charge < -0.3 is 10.6 Å². The number of rotatable bonds is 6. The Hall–Kier alpha value is -3.64. The van der Waals surface area contributed by atoms with Crippen molar-refractivity contribution < 1.29 is 31.2 Å². The first-order valence-electron chi connectivity index (χ1n) is 9.81. The van der Waals surface area contributed by atoms with Crippen LogP contribution in [0.3, 0.4) is 0 Å². The van der Waals surface area contributed by atoms with Crippen LogP contribution in [0.5, 0.6) is 0 Å². The number of carbonyl (C=O) groups excluding carboxylic acids is 2. The molecule has 3 N–H and O–H groups in total. The summed E-state index contributed by atoms with van der Waals surface area (Å²) in [5.41, 5.74) is -1.60. The molecule has 0 saturated heterocycles. The van der Waals surface area contributed by atoms with Gasteiger partial charge in [0, 0.05) is 24.5 Å². The summed E-state index contributed by atoms with van der Waals surface area (Å²) in [5, 5.41) is 4.84. The van der Waals surface area contributed by atoms with Crippen molar-refractivity contribution in [2.45, 2.75) is 18.0 Å². The fourth-order valence-corrected chi connectivity index (χ4v) is 4.28. The van der Waals surface area contributed by atoms with Crippen LogP contribution in [0.2, 0.25) is 5.02 Å². The van der Waals surface area contributed by atoms with E-state index in [-0.39, 0.29) is 33.2 Å². The fourth-order valence-electron chi connectivity index (χ4n) is 3.04. The van der Waals surface area contributed by atoms with Gasteiger partial charge in [0.05, 0.1) is 21.2 Å². The Kier molecular flexibility index (Phi) is 7.36. The average Bonchev–Trinajstić information content (AvgIpc) is 2.78. The Balaban J connectivity index is 2.00. The first kappa shape index (κ1) is 26.0. The van der Waals surface area contributed by atoms with Gasteiger partial charge in [-0.25, -0.2) is 18.2 Å². The van der Waals surface area contributed by atoms with Gasteiger partial charge in [0.15, 0.2) is 0 Å². The highest BCUT2D eigenvalue weighted by Gasteiger charge is 2.34. The van der Waals surface area contributed by atoms with Gasteiger partial charge in [0.2, 0.25) is 5.78 Å². The van der Waals surface area contributed by atoms with Gasteiger partial charge in [-0.3, -0.25) is 9.52 Å². The van der Waals surface area contributed by atoms with E-state index < -0.39 is 38.5 Å². The van der Waals surface area contributed by atoms with Crippen molar-refractivity contribution in [3.05, 3.63) is 82.1 Å². The average molecular weight is 527 g/mol. The van der Waals surface area contributed by atoms with E-state index in [2.05, 4.69) is 20.3 Å². The highest BCUT2D eigenvalue weighted by molar-refractivity contribution is 7.92. The van der Waals surface area contributed by atoms with Gasteiger partial charge in [-0.15, -0.1) is 0 Å². The molecule has 3 rings (SSSR count). The number of halogens is 4. The largest absolute Gasteiger partial charge is 0.416 e. The lowest BCUT2D eigenvalue weighted by atomic mass is 10.1. The fraction of sp³-hybridized carbons (Fsp3) is 0.136. The molecule has 1 aromatic heterocycles. The number of ketones is 1. The molecule has 2 aromatic carbocycles. The van der Waals surface area contributed by atoms with E-state index in [1.54, 1.807) is 0 Å². The molecule has 0 saturated carbocycles. The molecule has 2 amide bonds. The summed E-state index contributed by atoms with van der Waals surface area (Å²) in [6, 6.07) is 8.93. The number of anilines is 2. The van der Waals surface area contributed by atoms with Crippen molar-refractivity contribution in [2.75, 3.05) is 17.1 Å². The maximum atomic E-state index is 13.3. The first-order valence-corrected chi connectivity index (χ1v) is 11.7. The second-order valence-electron chi connectivity index (χ2n) is 7.24. The standard InChI is InChI=1S/C22H18ClF3N4O4S/c1-12-6-7-16(10-17(12)22(24,25)26)35(33,34)30-18-9-14(23)11-28-19(18)20(31)13-4-3-5-15(8-13)29-21(32)27-2/h3-11,30H,1-2H3,(H2,27,29,32). The Morgan fingerprint density at radius 1 is 1.06 bits per heavy atom. The third-order valence-electron chi connectivity index (χ3n) is 4.75. The van der Waals surface area contributed by atoms with Crippen molar-refractivity contribution in [1.82, 2.24) is 10.3 Å². The number of sulfonamides is 1. The van der Waals surface area contributed by atoms with E-state index in [0.29, 0.717) is 6.07 Å². The number of benzene rings is 2. The van der Waals surface area contributed by atoms with Crippen LogP contribution in [-0.2, 0) is 16.2 Å². The molecule has 8 nitrogen and oxygen atoms in total. The number of urea groups is 1. The molecule has 13 heteroatoms. The van der Waals surface area contributed by atoms with Crippen LogP contribution in [0.4, 0.5) is 29.3 Å². The zero-order chi connectivity index (χ0) is 26.0. The van der Waals surface area contributed by atoms with Crippen LogP contribution in [-0.4, -0.2) is 32.3 Å². The van der Waals surface area contributed by atoms with Gasteiger partial charge in [0.1, 0.15) is 5.69 Å². The molecule has 0 atom stereocenters. The van der Waals surface area contributed by atoms with Crippen molar-refractivity contribution in [3.8, 4) is 0 Å². The minimum Gasteiger partial charge on any atom is -0.341 e. The summed E-state index contributed by atoms with van der Waals surface area (Å²) >= 11 is 5.93. The lowest BCUT2D eigenvalue weighted by Gasteiger charge is -2.15. The number of nitrogens with zero attached hydrogens (tertiary/aromatic N) is 1. The van der Waals surface area contributed by atoms with E-state index in [1.165, 1.54) is 38.2 Å². The Morgan fingerprint density at radius 2 is 1.77 bits per heavy atom. The van der Waals surface area contributed by atoms with Crippen molar-refractivity contribution in [2.24, 2.45) is 0 Å². The van der Waals surface area contributed by atoms with Crippen molar-refractivity contribution in [3.63, 3.8) is 0 Å². The van der Waals surface area contributed by atoms with Crippen molar-refractivity contribution in [1.29, 1.82) is 0 Å². The molecule has 0 fully saturated rings. The molecular weight excluding hydrogens is 509 g/mol. The monoisotopic (exact) mass is 526 g/mol. The zero-order valence-corrected chi connectivity index (χ0v) is 19.8. The number of alkyl halides is 3. The molecule has 0 aliphatic rings. The van der Waals surface area contributed by atoms with E-state index >= 15 is 0 Å². The Labute approximate surface area is 203 Å². The molecule has 1 heterocycles. The molecular formula is C22H18ClF3N4O4S. The molecule has 3 aromatic rings. The van der Waals surface area contributed by atoms with Crippen LogP contribution >= 0.6 is 11.6 Å². The highest BCUT2D eigenvalue weighted by Crippen LogP contribution is 2.34. The minimum absolute atomic E-state index is 0.0193. The van der Waals surface area contributed by atoms with Gasteiger partial charge >= 0.3 is 12.2 Å². The summed E-state index contributed by atoms with van der Waals surface area (Å²) in [4.78, 5) is 27.9. The van der Waals surface area contributed by atoms with Gasteiger partial charge in [-0.2, -0.15) is 13.2 Å². The Morgan fingerprint density at radius 3 is 2.43 bits per heavy atom. The number of pyridine rings is 1. The normalized spacial score (nSPS) is 11.6. The summed E-state index contributed by atoms with van der Waals surface area (Å²) in [6.45, 7) is 1.21. The van der Waals surface area contributed by atoms with Crippen molar-refractivity contribution >= 4 is 44.8 Å². The minimum atomic E-state index is -4.76. The summed E-state index contributed by atoms with van der Waals surface area (Å²) in [5.74, 6) is -0.722. The van der Waals surface area contributed by atoms with Crippen LogP contribution in [0.25, 0.3) is 0 Å². The maximum absolute atomic E-state index is 13.3. The predicted molar refractivity (Wildman–Crippen MR) is 124 cm³/mol. The topological polar surface area (TPSA) is 117 Å². The Bertz CT molecular complexity index is 1410. The van der Waals surface area contributed by atoms with Gasteiger partial charge in [0.25, 0.3) is 10.0 Å². The second-order valence-corrected chi connectivity index (χ2v) is 9.36. The highest BCUT2D eigenvalue weighted by atomic mass is 35.5. The molecule has 0 aliphatic carbocycles.